The Hall–Kier alpha value is -1.56. The van der Waals surface area contributed by atoms with Crippen LogP contribution in [0.1, 0.15) is 18.4 Å². The van der Waals surface area contributed by atoms with E-state index in [9.17, 15) is 5.11 Å². The first-order valence-corrected chi connectivity index (χ1v) is 6.91. The van der Waals surface area contributed by atoms with E-state index in [0.29, 0.717) is 11.5 Å². The fourth-order valence-corrected chi connectivity index (χ4v) is 2.48. The van der Waals surface area contributed by atoms with Crippen LogP contribution in [-0.4, -0.2) is 45.4 Å². The minimum Gasteiger partial charge on any atom is -0.493 e. The van der Waals surface area contributed by atoms with Gasteiger partial charge in [-0.3, -0.25) is 0 Å². The van der Waals surface area contributed by atoms with Crippen molar-refractivity contribution in [3.05, 3.63) is 29.8 Å². The standard InChI is InChI=1S/C16H22O5/c1-18-10-21-14-6-4-11(8-13(14)17)12-5-7-15(19-2)16(9-12)20-3/h5,7-9,13-14,17H,4,6,10H2,1-3H3/t13-,14+/m0/s1. The highest BCUT2D eigenvalue weighted by Gasteiger charge is 2.24. The van der Waals surface area contributed by atoms with Crippen molar-refractivity contribution < 1.29 is 24.1 Å². The first-order valence-electron chi connectivity index (χ1n) is 6.91. The number of aliphatic hydroxyl groups is 1. The van der Waals surface area contributed by atoms with Gasteiger partial charge in [-0.15, -0.1) is 0 Å². The lowest BCUT2D eigenvalue weighted by molar-refractivity contribution is -0.105. The summed E-state index contributed by atoms with van der Waals surface area (Å²) in [5.41, 5.74) is 2.11. The highest BCUT2D eigenvalue weighted by molar-refractivity contribution is 5.69. The van der Waals surface area contributed by atoms with Crippen LogP contribution in [0.15, 0.2) is 24.3 Å². The molecule has 5 nitrogen and oxygen atoms in total. The largest absolute Gasteiger partial charge is 0.493 e. The lowest BCUT2D eigenvalue weighted by Gasteiger charge is -2.27. The Morgan fingerprint density at radius 1 is 1.14 bits per heavy atom. The Morgan fingerprint density at radius 2 is 1.90 bits per heavy atom. The van der Waals surface area contributed by atoms with E-state index in [1.54, 1.807) is 21.3 Å². The van der Waals surface area contributed by atoms with Gasteiger partial charge < -0.3 is 24.1 Å². The molecule has 5 heteroatoms. The molecule has 116 valence electrons. The predicted molar refractivity (Wildman–Crippen MR) is 79.5 cm³/mol. The number of benzene rings is 1. The third-order valence-electron chi connectivity index (χ3n) is 3.61. The zero-order chi connectivity index (χ0) is 15.2. The number of hydrogen-bond acceptors (Lipinski definition) is 5. The Morgan fingerprint density at radius 3 is 2.52 bits per heavy atom. The minimum absolute atomic E-state index is 0.196. The summed E-state index contributed by atoms with van der Waals surface area (Å²) in [7, 11) is 4.79. The molecule has 0 saturated heterocycles. The Labute approximate surface area is 125 Å². The van der Waals surface area contributed by atoms with Crippen molar-refractivity contribution in [2.75, 3.05) is 28.1 Å². The lowest BCUT2D eigenvalue weighted by atomic mass is 9.90. The van der Waals surface area contributed by atoms with E-state index < -0.39 is 6.10 Å². The van der Waals surface area contributed by atoms with Crippen molar-refractivity contribution >= 4 is 5.57 Å². The van der Waals surface area contributed by atoms with Gasteiger partial charge in [0.05, 0.1) is 26.4 Å². The maximum absolute atomic E-state index is 10.1. The molecule has 2 rings (SSSR count). The van der Waals surface area contributed by atoms with Crippen molar-refractivity contribution in [1.29, 1.82) is 0 Å². The molecule has 2 atom stereocenters. The van der Waals surface area contributed by atoms with Crippen molar-refractivity contribution in [2.24, 2.45) is 0 Å². The van der Waals surface area contributed by atoms with E-state index in [-0.39, 0.29) is 12.9 Å². The van der Waals surface area contributed by atoms with Crippen LogP contribution in [0.2, 0.25) is 0 Å². The first kappa shape index (κ1) is 15.8. The van der Waals surface area contributed by atoms with E-state index in [1.165, 1.54) is 0 Å². The summed E-state index contributed by atoms with van der Waals surface area (Å²) in [5.74, 6) is 1.38. The summed E-state index contributed by atoms with van der Waals surface area (Å²) < 4.78 is 20.9. The topological polar surface area (TPSA) is 57.2 Å². The van der Waals surface area contributed by atoms with Crippen molar-refractivity contribution in [2.45, 2.75) is 25.0 Å². The summed E-state index contributed by atoms with van der Waals surface area (Å²) in [6.07, 6.45) is 2.59. The van der Waals surface area contributed by atoms with Crippen LogP contribution in [0, 0.1) is 0 Å². The number of ether oxygens (including phenoxy) is 4. The lowest BCUT2D eigenvalue weighted by Crippen LogP contribution is -2.31. The SMILES string of the molecule is COCO[C@@H]1CCC(c2ccc(OC)c(OC)c2)=C[C@@H]1O. The summed E-state index contributed by atoms with van der Waals surface area (Å²) in [4.78, 5) is 0. The summed E-state index contributed by atoms with van der Waals surface area (Å²) in [6.45, 7) is 0.196. The summed E-state index contributed by atoms with van der Waals surface area (Å²) in [6, 6.07) is 5.76. The maximum Gasteiger partial charge on any atom is 0.161 e. The molecule has 0 spiro atoms. The Kier molecular flexibility index (Phi) is 5.61. The molecule has 0 radical (unpaired) electrons. The molecular weight excluding hydrogens is 272 g/mol. The van der Waals surface area contributed by atoms with Gasteiger partial charge in [0.1, 0.15) is 6.79 Å². The molecule has 1 aromatic carbocycles. The molecule has 0 aromatic heterocycles. The summed E-state index contributed by atoms with van der Waals surface area (Å²) in [5, 5.41) is 10.1. The van der Waals surface area contributed by atoms with Crippen molar-refractivity contribution in [3.8, 4) is 11.5 Å². The van der Waals surface area contributed by atoms with Gasteiger partial charge in [0.15, 0.2) is 11.5 Å². The third kappa shape index (κ3) is 3.75. The zero-order valence-corrected chi connectivity index (χ0v) is 12.7. The third-order valence-corrected chi connectivity index (χ3v) is 3.61. The highest BCUT2D eigenvalue weighted by Crippen LogP contribution is 2.34. The monoisotopic (exact) mass is 294 g/mol. The molecule has 0 aliphatic heterocycles. The van der Waals surface area contributed by atoms with Crippen LogP contribution in [0.3, 0.4) is 0 Å². The second-order valence-electron chi connectivity index (χ2n) is 4.90. The van der Waals surface area contributed by atoms with Gasteiger partial charge in [-0.2, -0.15) is 0 Å². The van der Waals surface area contributed by atoms with Gasteiger partial charge in [0, 0.05) is 7.11 Å². The smallest absolute Gasteiger partial charge is 0.161 e. The molecule has 0 heterocycles. The van der Waals surface area contributed by atoms with Crippen LogP contribution < -0.4 is 9.47 Å². The minimum atomic E-state index is -0.628. The van der Waals surface area contributed by atoms with Crippen LogP contribution in [0.25, 0.3) is 5.57 Å². The van der Waals surface area contributed by atoms with E-state index in [1.807, 2.05) is 24.3 Å². The second-order valence-corrected chi connectivity index (χ2v) is 4.90. The molecule has 1 aromatic rings. The zero-order valence-electron chi connectivity index (χ0n) is 12.7. The fraction of sp³-hybridized carbons (Fsp3) is 0.500. The number of allylic oxidation sites excluding steroid dienone is 1. The molecule has 0 fully saturated rings. The number of aliphatic hydroxyl groups excluding tert-OH is 1. The molecule has 0 saturated carbocycles. The molecule has 1 N–H and O–H groups in total. The van der Waals surface area contributed by atoms with Crippen LogP contribution in [0.5, 0.6) is 11.5 Å². The van der Waals surface area contributed by atoms with Gasteiger partial charge in [0.25, 0.3) is 0 Å². The average molecular weight is 294 g/mol. The number of hydrogen-bond donors (Lipinski definition) is 1. The number of rotatable bonds is 6. The Bertz CT molecular complexity index is 497. The molecular formula is C16H22O5. The van der Waals surface area contributed by atoms with Gasteiger partial charge in [0.2, 0.25) is 0 Å². The first-order chi connectivity index (χ1) is 10.2. The molecule has 0 unspecified atom stereocenters. The van der Waals surface area contributed by atoms with Crippen molar-refractivity contribution in [1.82, 2.24) is 0 Å². The molecule has 21 heavy (non-hydrogen) atoms. The van der Waals surface area contributed by atoms with Crippen LogP contribution in [0.4, 0.5) is 0 Å². The summed E-state index contributed by atoms with van der Waals surface area (Å²) >= 11 is 0. The normalized spacial score (nSPS) is 21.8. The van der Waals surface area contributed by atoms with Gasteiger partial charge in [-0.05, 0) is 42.2 Å². The van der Waals surface area contributed by atoms with Crippen LogP contribution in [-0.2, 0) is 9.47 Å². The maximum atomic E-state index is 10.1. The van der Waals surface area contributed by atoms with E-state index >= 15 is 0 Å². The van der Waals surface area contributed by atoms with Crippen LogP contribution >= 0.6 is 0 Å². The van der Waals surface area contributed by atoms with E-state index in [2.05, 4.69) is 0 Å². The molecule has 1 aliphatic rings. The second kappa shape index (κ2) is 7.45. The molecule has 1 aliphatic carbocycles. The Balaban J connectivity index is 2.15. The molecule has 0 bridgehead atoms. The van der Waals surface area contributed by atoms with Crippen molar-refractivity contribution in [3.63, 3.8) is 0 Å². The van der Waals surface area contributed by atoms with Gasteiger partial charge >= 0.3 is 0 Å². The highest BCUT2D eigenvalue weighted by atomic mass is 16.7. The number of methoxy groups -OCH3 is 3. The quantitative estimate of drug-likeness (QED) is 0.815. The van der Waals surface area contributed by atoms with E-state index in [4.69, 9.17) is 18.9 Å². The van der Waals surface area contributed by atoms with Gasteiger partial charge in [-0.25, -0.2) is 0 Å². The fourth-order valence-electron chi connectivity index (χ4n) is 2.48. The van der Waals surface area contributed by atoms with E-state index in [0.717, 1.165) is 24.0 Å². The predicted octanol–water partition coefficient (Wildman–Crippen LogP) is 2.23. The average Bonchev–Trinajstić information content (AvgIpc) is 2.53. The molecule has 0 amide bonds. The van der Waals surface area contributed by atoms with Gasteiger partial charge in [-0.1, -0.05) is 6.07 Å².